The molecule has 8 heteroatoms. The molecule has 6 rings (SSSR count). The fourth-order valence-electron chi connectivity index (χ4n) is 6.24. The lowest BCUT2D eigenvalue weighted by molar-refractivity contribution is 0.00578. The molecule has 0 bridgehead atoms. The summed E-state index contributed by atoms with van der Waals surface area (Å²) in [6, 6.07) is 21.1. The Morgan fingerprint density at radius 2 is 0.773 bits per heavy atom. The average Bonchev–Trinajstić information content (AvgIpc) is 3.35. The van der Waals surface area contributed by atoms with E-state index in [0.717, 1.165) is 44.7 Å². The molecule has 1 aliphatic carbocycles. The monoisotopic (exact) mass is 594 g/mol. The molecule has 6 nitrogen and oxygen atoms in total. The van der Waals surface area contributed by atoms with Gasteiger partial charge in [-0.2, -0.15) is 0 Å². The van der Waals surface area contributed by atoms with Crippen molar-refractivity contribution in [2.75, 3.05) is 14.2 Å². The van der Waals surface area contributed by atoms with E-state index in [0.29, 0.717) is 0 Å². The van der Waals surface area contributed by atoms with Crippen molar-refractivity contribution in [3.05, 3.63) is 95.1 Å². The van der Waals surface area contributed by atoms with Gasteiger partial charge in [0.25, 0.3) is 0 Å². The van der Waals surface area contributed by atoms with Crippen LogP contribution in [0.2, 0.25) is 0 Å². The van der Waals surface area contributed by atoms with E-state index in [1.54, 1.807) is 14.2 Å². The third-order valence-electron chi connectivity index (χ3n) is 10.4. The summed E-state index contributed by atoms with van der Waals surface area (Å²) < 4.78 is 37.1. The van der Waals surface area contributed by atoms with Crippen LogP contribution < -0.4 is 20.4 Å². The highest BCUT2D eigenvalue weighted by atomic mass is 16.7. The highest BCUT2D eigenvalue weighted by Crippen LogP contribution is 2.49. The minimum atomic E-state index is -0.401. The average molecular weight is 594 g/mol. The fraction of sp³-hybridized carbons (Fsp3) is 0.444. The molecule has 2 heterocycles. The Hall–Kier alpha value is -3.03. The lowest BCUT2D eigenvalue weighted by Gasteiger charge is -2.32. The molecule has 2 saturated heterocycles. The van der Waals surface area contributed by atoms with Crippen LogP contribution in [0.25, 0.3) is 0 Å². The topological polar surface area (TPSA) is 55.4 Å². The molecule has 0 radical (unpaired) electrons. The van der Waals surface area contributed by atoms with Crippen molar-refractivity contribution in [3.63, 3.8) is 0 Å². The Labute approximate surface area is 263 Å². The maximum Gasteiger partial charge on any atom is 0.494 e. The minimum Gasteiger partial charge on any atom is -0.496 e. The normalized spacial score (nSPS) is 24.3. The van der Waals surface area contributed by atoms with Crippen LogP contribution in [0.15, 0.2) is 72.8 Å². The van der Waals surface area contributed by atoms with Crippen molar-refractivity contribution in [2.24, 2.45) is 0 Å². The number of rotatable bonds is 6. The highest BCUT2D eigenvalue weighted by molar-refractivity contribution is 6.62. The molecule has 3 aromatic rings. The first-order valence-electron chi connectivity index (χ1n) is 15.5. The summed E-state index contributed by atoms with van der Waals surface area (Å²) in [6.07, 6.45) is 4.56. The lowest BCUT2D eigenvalue weighted by Crippen LogP contribution is -2.41. The first-order chi connectivity index (χ1) is 20.7. The Kier molecular flexibility index (Phi) is 7.60. The van der Waals surface area contributed by atoms with Gasteiger partial charge in [0.15, 0.2) is 0 Å². The van der Waals surface area contributed by atoms with E-state index in [1.807, 2.05) is 12.1 Å². The summed E-state index contributed by atoms with van der Waals surface area (Å²) in [5, 5.41) is 0. The zero-order valence-corrected chi connectivity index (χ0v) is 27.7. The summed E-state index contributed by atoms with van der Waals surface area (Å²) in [6.45, 7) is 16.6. The van der Waals surface area contributed by atoms with E-state index in [-0.39, 0.29) is 34.2 Å². The zero-order chi connectivity index (χ0) is 31.7. The van der Waals surface area contributed by atoms with E-state index >= 15 is 0 Å². The van der Waals surface area contributed by atoms with Crippen LogP contribution in [0, 0.1) is 0 Å². The Morgan fingerprint density at radius 3 is 1.05 bits per heavy atom. The van der Waals surface area contributed by atoms with E-state index in [1.165, 1.54) is 0 Å². The minimum absolute atomic E-state index is 0.0114. The van der Waals surface area contributed by atoms with Gasteiger partial charge < -0.3 is 28.1 Å². The molecule has 3 aromatic carbocycles. The summed E-state index contributed by atoms with van der Waals surface area (Å²) in [7, 11) is 2.66. The molecule has 0 amide bonds. The fourth-order valence-corrected chi connectivity index (χ4v) is 6.24. The molecule has 3 aliphatic rings. The quantitative estimate of drug-likeness (QED) is 0.253. The van der Waals surface area contributed by atoms with Gasteiger partial charge in [-0.3, -0.25) is 0 Å². The van der Waals surface area contributed by atoms with Crippen LogP contribution >= 0.6 is 0 Å². The summed E-state index contributed by atoms with van der Waals surface area (Å²) in [5.74, 6) is 1.65. The van der Waals surface area contributed by atoms with E-state index in [4.69, 9.17) is 28.1 Å². The summed E-state index contributed by atoms with van der Waals surface area (Å²) in [5.41, 5.74) is 5.00. The van der Waals surface area contributed by atoms with E-state index in [2.05, 4.69) is 116 Å². The number of allylic oxidation sites excluding steroid dienone is 2. The summed E-state index contributed by atoms with van der Waals surface area (Å²) in [4.78, 5) is 0. The third-order valence-corrected chi connectivity index (χ3v) is 10.4. The van der Waals surface area contributed by atoms with E-state index in [9.17, 15) is 0 Å². The Balaban J connectivity index is 1.33. The predicted molar refractivity (Wildman–Crippen MR) is 177 cm³/mol. The second-order valence-corrected chi connectivity index (χ2v) is 14.1. The molecular weight excluding hydrogens is 550 g/mol. The largest absolute Gasteiger partial charge is 0.496 e. The van der Waals surface area contributed by atoms with Crippen molar-refractivity contribution in [1.29, 1.82) is 0 Å². The van der Waals surface area contributed by atoms with Gasteiger partial charge in [-0.05, 0) is 89.6 Å². The molecule has 0 N–H and O–H groups in total. The Bertz CT molecular complexity index is 1410. The second-order valence-electron chi connectivity index (χ2n) is 14.1. The maximum atomic E-state index is 6.29. The molecule has 0 spiro atoms. The zero-order valence-electron chi connectivity index (χ0n) is 27.7. The SMILES string of the molecule is COc1ccc(OC)c2c1[C@@H](c1ccc(B3OC(C)(C)C(C)(C)O3)cc1)C=C[C@H]2c1ccc(B2OC(C)(C)C(C)(C)O2)cc1. The lowest BCUT2D eigenvalue weighted by atomic mass is 9.73. The van der Waals surface area contributed by atoms with E-state index < -0.39 is 14.2 Å². The van der Waals surface area contributed by atoms with Crippen LogP contribution in [0.1, 0.15) is 89.5 Å². The maximum absolute atomic E-state index is 6.29. The molecule has 2 fully saturated rings. The number of methoxy groups -OCH3 is 2. The molecule has 44 heavy (non-hydrogen) atoms. The summed E-state index contributed by atoms with van der Waals surface area (Å²) >= 11 is 0. The molecule has 0 saturated carbocycles. The molecular formula is C36H44B2O6. The number of fused-ring (bicyclic) bond motifs is 1. The van der Waals surface area contributed by atoms with Crippen LogP contribution in [0.5, 0.6) is 11.5 Å². The van der Waals surface area contributed by atoms with Gasteiger partial charge in [-0.1, -0.05) is 60.7 Å². The van der Waals surface area contributed by atoms with Gasteiger partial charge in [0.05, 0.1) is 36.6 Å². The van der Waals surface area contributed by atoms with Crippen molar-refractivity contribution < 1.29 is 28.1 Å². The van der Waals surface area contributed by atoms with Crippen LogP contribution in [-0.2, 0) is 18.6 Å². The van der Waals surface area contributed by atoms with Gasteiger partial charge in [0.1, 0.15) is 11.5 Å². The molecule has 2 atom stereocenters. The molecule has 2 aliphatic heterocycles. The van der Waals surface area contributed by atoms with Crippen molar-refractivity contribution in [3.8, 4) is 11.5 Å². The van der Waals surface area contributed by atoms with Crippen LogP contribution in [0.3, 0.4) is 0 Å². The van der Waals surface area contributed by atoms with Crippen molar-refractivity contribution >= 4 is 25.2 Å². The smallest absolute Gasteiger partial charge is 0.494 e. The van der Waals surface area contributed by atoms with Gasteiger partial charge >= 0.3 is 14.2 Å². The number of hydrogen-bond donors (Lipinski definition) is 0. The van der Waals surface area contributed by atoms with Gasteiger partial charge in [0.2, 0.25) is 0 Å². The number of hydrogen-bond acceptors (Lipinski definition) is 6. The van der Waals surface area contributed by atoms with Gasteiger partial charge in [-0.15, -0.1) is 0 Å². The molecule has 230 valence electrons. The number of ether oxygens (including phenoxy) is 2. The van der Waals surface area contributed by atoms with Crippen molar-refractivity contribution in [2.45, 2.75) is 89.6 Å². The number of benzene rings is 3. The molecule has 0 unspecified atom stereocenters. The second kappa shape index (κ2) is 10.8. The van der Waals surface area contributed by atoms with Crippen LogP contribution in [-0.4, -0.2) is 50.9 Å². The van der Waals surface area contributed by atoms with Gasteiger partial charge in [0, 0.05) is 23.0 Å². The Morgan fingerprint density at radius 1 is 0.477 bits per heavy atom. The van der Waals surface area contributed by atoms with Crippen LogP contribution in [0.4, 0.5) is 0 Å². The first-order valence-corrected chi connectivity index (χ1v) is 15.5. The predicted octanol–water partition coefficient (Wildman–Crippen LogP) is 6.14. The highest BCUT2D eigenvalue weighted by Gasteiger charge is 2.52. The standard InChI is InChI=1S/C36H44B2O6/c1-33(2)34(3,4)42-37(41-33)25-15-11-23(12-16-25)27-19-20-28(32-30(40-10)22-21-29(39-9)31(27)32)24-13-17-26(18-14-24)38-43-35(5,6)36(7,8)44-38/h11-22,27-28H,1-10H3/t27-,28+. The van der Waals surface area contributed by atoms with Gasteiger partial charge in [-0.25, -0.2) is 0 Å². The van der Waals surface area contributed by atoms with Crippen molar-refractivity contribution in [1.82, 2.24) is 0 Å². The third kappa shape index (κ3) is 5.10. The molecule has 0 aromatic heterocycles. The first kappa shape index (κ1) is 31.0.